The highest BCUT2D eigenvalue weighted by atomic mass is 79.9. The third-order valence-corrected chi connectivity index (χ3v) is 4.80. The average Bonchev–Trinajstić information content (AvgIpc) is 2.39. The Labute approximate surface area is 124 Å². The van der Waals surface area contributed by atoms with Gasteiger partial charge in [0.05, 0.1) is 6.61 Å². The fraction of sp³-hybridized carbons (Fsp3) is 0.143. The maximum Gasteiger partial charge on any atom is 0.0682 e. The molecule has 0 unspecified atom stereocenters. The lowest BCUT2D eigenvalue weighted by atomic mass is 10.2. The monoisotopic (exact) mass is 342 g/mol. The van der Waals surface area contributed by atoms with Crippen LogP contribution < -0.4 is 0 Å². The third-order valence-electron chi connectivity index (χ3n) is 2.49. The van der Waals surface area contributed by atoms with Crippen LogP contribution in [0.25, 0.3) is 0 Å². The topological polar surface area (TPSA) is 20.2 Å². The Balaban J connectivity index is 2.04. The summed E-state index contributed by atoms with van der Waals surface area (Å²) >= 11 is 11.1. The van der Waals surface area contributed by atoms with Crippen molar-refractivity contribution in [2.75, 3.05) is 0 Å². The molecule has 0 spiro atoms. The molecule has 18 heavy (non-hydrogen) atoms. The summed E-state index contributed by atoms with van der Waals surface area (Å²) < 4.78 is 1.02. The van der Waals surface area contributed by atoms with E-state index in [0.717, 1.165) is 20.8 Å². The minimum absolute atomic E-state index is 0.0702. The minimum atomic E-state index is 0.0702. The Hall–Kier alpha value is -0.480. The number of aliphatic hydroxyl groups is 1. The number of aliphatic hydroxyl groups excluding tert-OH is 1. The molecule has 0 aromatic heterocycles. The second-order valence-electron chi connectivity index (χ2n) is 3.84. The predicted octanol–water partition coefficient (Wildman–Crippen LogP) is 4.89. The zero-order valence-corrected chi connectivity index (χ0v) is 12.7. The first kappa shape index (κ1) is 13.9. The number of benzene rings is 2. The number of hydrogen-bond donors (Lipinski definition) is 1. The predicted molar refractivity (Wildman–Crippen MR) is 81.1 cm³/mol. The molecule has 2 rings (SSSR count). The second kappa shape index (κ2) is 6.62. The summed E-state index contributed by atoms with van der Waals surface area (Å²) in [6.07, 6.45) is 0. The third kappa shape index (κ3) is 3.75. The molecule has 0 amide bonds. The van der Waals surface area contributed by atoms with E-state index >= 15 is 0 Å². The van der Waals surface area contributed by atoms with Crippen molar-refractivity contribution in [2.24, 2.45) is 0 Å². The van der Waals surface area contributed by atoms with Crippen LogP contribution in [0.15, 0.2) is 51.8 Å². The molecule has 94 valence electrons. The number of halogens is 2. The van der Waals surface area contributed by atoms with Gasteiger partial charge in [-0.1, -0.05) is 29.8 Å². The lowest BCUT2D eigenvalue weighted by Crippen LogP contribution is -1.85. The van der Waals surface area contributed by atoms with Gasteiger partial charge in [-0.15, -0.1) is 11.8 Å². The average molecular weight is 344 g/mol. The van der Waals surface area contributed by atoms with E-state index in [1.165, 1.54) is 10.5 Å². The molecule has 1 nitrogen and oxygen atoms in total. The van der Waals surface area contributed by atoms with Gasteiger partial charge in [-0.05, 0) is 51.3 Å². The van der Waals surface area contributed by atoms with Gasteiger partial charge in [-0.25, -0.2) is 0 Å². The largest absolute Gasteiger partial charge is 0.392 e. The first-order valence-electron chi connectivity index (χ1n) is 5.45. The van der Waals surface area contributed by atoms with Crippen LogP contribution in [0.3, 0.4) is 0 Å². The van der Waals surface area contributed by atoms with Gasteiger partial charge >= 0.3 is 0 Å². The zero-order valence-electron chi connectivity index (χ0n) is 9.57. The Morgan fingerprint density at radius 2 is 1.72 bits per heavy atom. The van der Waals surface area contributed by atoms with Gasteiger partial charge < -0.3 is 5.11 Å². The van der Waals surface area contributed by atoms with Crippen LogP contribution in [-0.4, -0.2) is 5.11 Å². The Bertz CT molecular complexity index is 528. The van der Waals surface area contributed by atoms with Gasteiger partial charge in [-0.3, -0.25) is 0 Å². The molecule has 0 aliphatic heterocycles. The lowest BCUT2D eigenvalue weighted by molar-refractivity contribution is 0.281. The fourth-order valence-electron chi connectivity index (χ4n) is 1.50. The van der Waals surface area contributed by atoms with E-state index in [-0.39, 0.29) is 6.61 Å². The second-order valence-corrected chi connectivity index (χ2v) is 6.15. The molecule has 0 atom stereocenters. The molecule has 0 aliphatic carbocycles. The molecule has 2 aromatic carbocycles. The van der Waals surface area contributed by atoms with Crippen LogP contribution in [0, 0.1) is 0 Å². The van der Waals surface area contributed by atoms with E-state index in [9.17, 15) is 0 Å². The minimum Gasteiger partial charge on any atom is -0.392 e. The van der Waals surface area contributed by atoms with Gasteiger partial charge in [-0.2, -0.15) is 0 Å². The summed E-state index contributed by atoms with van der Waals surface area (Å²) in [7, 11) is 0. The molecule has 1 N–H and O–H groups in total. The first-order chi connectivity index (χ1) is 8.69. The molecule has 0 bridgehead atoms. The standard InChI is InChI=1S/C14H12BrClOS/c15-13-7-11(8-17)3-6-14(13)18-9-10-1-4-12(16)5-2-10/h1-7,17H,8-9H2. The quantitative estimate of drug-likeness (QED) is 0.798. The highest BCUT2D eigenvalue weighted by Gasteiger charge is 2.03. The van der Waals surface area contributed by atoms with Gasteiger partial charge in [0, 0.05) is 20.1 Å². The van der Waals surface area contributed by atoms with Crippen molar-refractivity contribution in [1.29, 1.82) is 0 Å². The Kier molecular flexibility index (Phi) is 5.13. The smallest absolute Gasteiger partial charge is 0.0682 e. The number of rotatable bonds is 4. The molecule has 0 aliphatic rings. The molecule has 4 heteroatoms. The molecule has 0 radical (unpaired) electrons. The van der Waals surface area contributed by atoms with Crippen molar-refractivity contribution < 1.29 is 5.11 Å². The molecule has 0 saturated heterocycles. The molecule has 0 fully saturated rings. The Morgan fingerprint density at radius 3 is 2.33 bits per heavy atom. The molecule has 0 heterocycles. The van der Waals surface area contributed by atoms with Crippen LogP contribution in [0.2, 0.25) is 5.02 Å². The van der Waals surface area contributed by atoms with Crippen molar-refractivity contribution in [3.05, 3.63) is 63.1 Å². The zero-order chi connectivity index (χ0) is 13.0. The van der Waals surface area contributed by atoms with E-state index < -0.39 is 0 Å². The van der Waals surface area contributed by atoms with E-state index in [4.69, 9.17) is 16.7 Å². The van der Waals surface area contributed by atoms with Gasteiger partial charge in [0.15, 0.2) is 0 Å². The van der Waals surface area contributed by atoms with Crippen molar-refractivity contribution in [3.63, 3.8) is 0 Å². The highest BCUT2D eigenvalue weighted by Crippen LogP contribution is 2.31. The number of thioether (sulfide) groups is 1. The van der Waals surface area contributed by atoms with Crippen LogP contribution in [-0.2, 0) is 12.4 Å². The maximum atomic E-state index is 9.05. The van der Waals surface area contributed by atoms with E-state index in [2.05, 4.69) is 15.9 Å². The van der Waals surface area contributed by atoms with Crippen molar-refractivity contribution >= 4 is 39.3 Å². The maximum absolute atomic E-state index is 9.05. The summed E-state index contributed by atoms with van der Waals surface area (Å²) in [5.74, 6) is 0.897. The Morgan fingerprint density at radius 1 is 1.06 bits per heavy atom. The molecule has 2 aromatic rings. The highest BCUT2D eigenvalue weighted by molar-refractivity contribution is 9.10. The summed E-state index contributed by atoms with van der Waals surface area (Å²) in [6.45, 7) is 0.0702. The van der Waals surface area contributed by atoms with Gasteiger partial charge in [0.1, 0.15) is 0 Å². The summed E-state index contributed by atoms with van der Waals surface area (Å²) in [4.78, 5) is 1.17. The summed E-state index contributed by atoms with van der Waals surface area (Å²) in [5, 5.41) is 9.81. The van der Waals surface area contributed by atoms with Crippen molar-refractivity contribution in [3.8, 4) is 0 Å². The molecular formula is C14H12BrClOS. The summed E-state index contributed by atoms with van der Waals surface area (Å²) in [5.41, 5.74) is 2.15. The summed E-state index contributed by atoms with van der Waals surface area (Å²) in [6, 6.07) is 13.8. The SMILES string of the molecule is OCc1ccc(SCc2ccc(Cl)cc2)c(Br)c1. The van der Waals surface area contributed by atoms with Crippen LogP contribution in [0.5, 0.6) is 0 Å². The van der Waals surface area contributed by atoms with Crippen LogP contribution in [0.4, 0.5) is 0 Å². The van der Waals surface area contributed by atoms with E-state index in [1.54, 1.807) is 11.8 Å². The normalized spacial score (nSPS) is 10.6. The molecule has 0 saturated carbocycles. The van der Waals surface area contributed by atoms with E-state index in [0.29, 0.717) is 0 Å². The lowest BCUT2D eigenvalue weighted by Gasteiger charge is -2.06. The van der Waals surface area contributed by atoms with Crippen LogP contribution in [0.1, 0.15) is 11.1 Å². The fourth-order valence-corrected chi connectivity index (χ4v) is 3.27. The van der Waals surface area contributed by atoms with Crippen LogP contribution >= 0.6 is 39.3 Å². The van der Waals surface area contributed by atoms with E-state index in [1.807, 2.05) is 42.5 Å². The molecular weight excluding hydrogens is 332 g/mol. The van der Waals surface area contributed by atoms with Crippen molar-refractivity contribution in [2.45, 2.75) is 17.3 Å². The van der Waals surface area contributed by atoms with Crippen molar-refractivity contribution in [1.82, 2.24) is 0 Å². The first-order valence-corrected chi connectivity index (χ1v) is 7.61. The van der Waals surface area contributed by atoms with Gasteiger partial charge in [0.2, 0.25) is 0 Å². The van der Waals surface area contributed by atoms with Gasteiger partial charge in [0.25, 0.3) is 0 Å². The number of hydrogen-bond acceptors (Lipinski definition) is 2.